The Morgan fingerprint density at radius 2 is 2.00 bits per heavy atom. The highest BCUT2D eigenvalue weighted by molar-refractivity contribution is 6.08. The van der Waals surface area contributed by atoms with Gasteiger partial charge in [0.2, 0.25) is 0 Å². The second-order valence-corrected chi connectivity index (χ2v) is 8.16. The maximum atomic E-state index is 13.0. The number of hydrogen-bond donors (Lipinski definition) is 5. The van der Waals surface area contributed by atoms with E-state index in [9.17, 15) is 24.3 Å². The van der Waals surface area contributed by atoms with Gasteiger partial charge < -0.3 is 30.4 Å². The molecule has 0 radical (unpaired) electrons. The molecular formula is C23H21N5O6. The summed E-state index contributed by atoms with van der Waals surface area (Å²) in [6.45, 7) is 2.31. The van der Waals surface area contributed by atoms with Crippen LogP contribution < -0.4 is 21.3 Å². The minimum Gasteiger partial charge on any atom is -0.508 e. The molecule has 0 unspecified atom stereocenters. The molecule has 1 atom stereocenters. The Labute approximate surface area is 193 Å². The van der Waals surface area contributed by atoms with Crippen LogP contribution in [-0.4, -0.2) is 47.0 Å². The van der Waals surface area contributed by atoms with Crippen molar-refractivity contribution in [2.24, 2.45) is 0 Å². The Morgan fingerprint density at radius 1 is 1.18 bits per heavy atom. The molecular weight excluding hydrogens is 442 g/mol. The van der Waals surface area contributed by atoms with Gasteiger partial charge in [-0.3, -0.25) is 14.9 Å². The molecule has 6 amide bonds. The van der Waals surface area contributed by atoms with E-state index >= 15 is 0 Å². The van der Waals surface area contributed by atoms with Crippen LogP contribution in [0.3, 0.4) is 0 Å². The summed E-state index contributed by atoms with van der Waals surface area (Å²) < 4.78 is 5.94. The van der Waals surface area contributed by atoms with Crippen molar-refractivity contribution in [1.29, 1.82) is 0 Å². The number of rotatable bonds is 5. The van der Waals surface area contributed by atoms with Crippen molar-refractivity contribution in [2.75, 3.05) is 18.4 Å². The average Bonchev–Trinajstić information content (AvgIpc) is 3.43. The summed E-state index contributed by atoms with van der Waals surface area (Å²) in [7, 11) is 0. The third-order valence-electron chi connectivity index (χ3n) is 5.87. The lowest BCUT2D eigenvalue weighted by atomic mass is 9.95. The van der Waals surface area contributed by atoms with E-state index in [-0.39, 0.29) is 36.5 Å². The lowest BCUT2D eigenvalue weighted by molar-refractivity contribution is -0.125. The number of aromatic hydroxyl groups is 1. The maximum absolute atomic E-state index is 13.0. The summed E-state index contributed by atoms with van der Waals surface area (Å²) in [5.41, 5.74) is 0.345. The molecule has 1 aromatic heterocycles. The Hall–Kier alpha value is -4.54. The number of amides is 6. The molecule has 174 valence electrons. The molecule has 0 aliphatic carbocycles. The van der Waals surface area contributed by atoms with Gasteiger partial charge in [-0.1, -0.05) is 6.07 Å². The number of hydrogen-bond acceptors (Lipinski definition) is 6. The number of carbonyl (C=O) groups excluding carboxylic acids is 4. The van der Waals surface area contributed by atoms with Crippen molar-refractivity contribution in [3.63, 3.8) is 0 Å². The molecule has 11 nitrogen and oxygen atoms in total. The van der Waals surface area contributed by atoms with Crippen LogP contribution in [0.25, 0.3) is 11.0 Å². The first kappa shape index (κ1) is 21.3. The van der Waals surface area contributed by atoms with E-state index in [4.69, 9.17) is 4.42 Å². The minimum absolute atomic E-state index is 0.0371. The number of carbonyl (C=O) groups is 4. The first-order valence-corrected chi connectivity index (χ1v) is 10.6. The van der Waals surface area contributed by atoms with Gasteiger partial charge in [-0.15, -0.1) is 0 Å². The quantitative estimate of drug-likeness (QED) is 0.365. The van der Waals surface area contributed by atoms with Crippen molar-refractivity contribution >= 4 is 40.5 Å². The molecule has 2 aromatic carbocycles. The zero-order valence-corrected chi connectivity index (χ0v) is 18.1. The van der Waals surface area contributed by atoms with E-state index in [0.29, 0.717) is 34.3 Å². The molecule has 11 heteroatoms. The van der Waals surface area contributed by atoms with Gasteiger partial charge in [0.25, 0.3) is 11.8 Å². The van der Waals surface area contributed by atoms with Crippen LogP contribution in [0.15, 0.2) is 46.9 Å². The molecule has 3 heterocycles. The van der Waals surface area contributed by atoms with E-state index < -0.39 is 17.5 Å². The number of benzene rings is 2. The minimum atomic E-state index is -1.65. The fourth-order valence-electron chi connectivity index (χ4n) is 4.28. The second-order valence-electron chi connectivity index (χ2n) is 8.16. The fourth-order valence-corrected chi connectivity index (χ4v) is 4.28. The number of nitrogens with zero attached hydrogens (tertiary/aromatic N) is 1. The Balaban J connectivity index is 1.49. The Bertz CT molecular complexity index is 1370. The number of phenols is 1. The monoisotopic (exact) mass is 463 g/mol. The van der Waals surface area contributed by atoms with Crippen LogP contribution in [0.5, 0.6) is 5.75 Å². The topological polar surface area (TPSA) is 153 Å². The van der Waals surface area contributed by atoms with Gasteiger partial charge in [0.1, 0.15) is 17.1 Å². The number of fused-ring (bicyclic) bond motifs is 2. The molecule has 2 aliphatic heterocycles. The van der Waals surface area contributed by atoms with E-state index in [0.717, 1.165) is 0 Å². The van der Waals surface area contributed by atoms with Crippen molar-refractivity contribution in [2.45, 2.75) is 19.0 Å². The predicted octanol–water partition coefficient (Wildman–Crippen LogP) is 1.97. The van der Waals surface area contributed by atoms with Crippen molar-refractivity contribution in [3.8, 4) is 5.75 Å². The first-order valence-electron chi connectivity index (χ1n) is 10.6. The summed E-state index contributed by atoms with van der Waals surface area (Å²) in [6.07, 6.45) is 0. The number of imide groups is 1. The van der Waals surface area contributed by atoms with Gasteiger partial charge in [0.15, 0.2) is 5.54 Å². The molecule has 1 saturated heterocycles. The molecule has 34 heavy (non-hydrogen) atoms. The van der Waals surface area contributed by atoms with Crippen LogP contribution >= 0.6 is 0 Å². The number of urea groups is 2. The van der Waals surface area contributed by atoms with Gasteiger partial charge in [-0.05, 0) is 48.9 Å². The van der Waals surface area contributed by atoms with Crippen molar-refractivity contribution < 1.29 is 28.7 Å². The zero-order chi connectivity index (χ0) is 24.0. The zero-order valence-electron chi connectivity index (χ0n) is 18.1. The SMILES string of the molecule is CCNC(=O)Nc1ccc2oc([C@]3(CN4Cc5ccc(O)cc5C4=O)NC(=O)NC3=O)cc2c1. The summed E-state index contributed by atoms with van der Waals surface area (Å²) in [5, 5.41) is 20.5. The third-order valence-corrected chi connectivity index (χ3v) is 5.87. The largest absolute Gasteiger partial charge is 0.508 e. The highest BCUT2D eigenvalue weighted by Crippen LogP contribution is 2.35. The van der Waals surface area contributed by atoms with E-state index in [1.807, 2.05) is 0 Å². The molecule has 0 spiro atoms. The van der Waals surface area contributed by atoms with E-state index in [1.165, 1.54) is 17.0 Å². The van der Waals surface area contributed by atoms with Gasteiger partial charge in [0, 0.05) is 29.7 Å². The van der Waals surface area contributed by atoms with Crippen molar-refractivity contribution in [1.82, 2.24) is 20.9 Å². The van der Waals surface area contributed by atoms with Crippen molar-refractivity contribution in [3.05, 3.63) is 59.4 Å². The highest BCUT2D eigenvalue weighted by atomic mass is 16.3. The molecule has 3 aromatic rings. The highest BCUT2D eigenvalue weighted by Gasteiger charge is 2.53. The lowest BCUT2D eigenvalue weighted by Gasteiger charge is -2.29. The number of phenolic OH excluding ortho intramolecular Hbond substituents is 1. The maximum Gasteiger partial charge on any atom is 0.322 e. The van der Waals surface area contributed by atoms with E-state index in [2.05, 4.69) is 21.3 Å². The summed E-state index contributed by atoms with van der Waals surface area (Å²) in [5.74, 6) is -0.912. The molecule has 2 aliphatic rings. The third kappa shape index (κ3) is 3.47. The Morgan fingerprint density at radius 3 is 2.74 bits per heavy atom. The average molecular weight is 463 g/mol. The molecule has 5 rings (SSSR count). The second kappa shape index (κ2) is 7.80. The molecule has 1 fully saturated rings. The summed E-state index contributed by atoms with van der Waals surface area (Å²) >= 11 is 0. The first-order chi connectivity index (χ1) is 16.3. The summed E-state index contributed by atoms with van der Waals surface area (Å²) in [6, 6.07) is 10.0. The van der Waals surface area contributed by atoms with Crippen LogP contribution in [0.1, 0.15) is 28.6 Å². The van der Waals surface area contributed by atoms with Gasteiger partial charge in [-0.25, -0.2) is 9.59 Å². The number of anilines is 1. The van der Waals surface area contributed by atoms with Crippen LogP contribution in [-0.2, 0) is 16.9 Å². The predicted molar refractivity (Wildman–Crippen MR) is 120 cm³/mol. The smallest absolute Gasteiger partial charge is 0.322 e. The van der Waals surface area contributed by atoms with Crippen LogP contribution in [0, 0.1) is 0 Å². The van der Waals surface area contributed by atoms with Crippen LogP contribution in [0.2, 0.25) is 0 Å². The normalized spacial score (nSPS) is 19.2. The van der Waals surface area contributed by atoms with E-state index in [1.54, 1.807) is 37.3 Å². The molecule has 5 N–H and O–H groups in total. The lowest BCUT2D eigenvalue weighted by Crippen LogP contribution is -2.52. The molecule has 0 bridgehead atoms. The van der Waals surface area contributed by atoms with Gasteiger partial charge in [0.05, 0.1) is 6.54 Å². The van der Waals surface area contributed by atoms with Gasteiger partial charge >= 0.3 is 12.1 Å². The molecule has 0 saturated carbocycles. The number of furan rings is 1. The summed E-state index contributed by atoms with van der Waals surface area (Å²) in [4.78, 5) is 51.3. The van der Waals surface area contributed by atoms with Gasteiger partial charge in [-0.2, -0.15) is 0 Å². The standard InChI is InChI=1S/C23H21N5O6/c1-2-24-21(32)25-14-4-6-17-13(7-14)8-18(34-17)23(20(31)26-22(33)27-23)11-28-10-12-3-5-15(29)9-16(12)19(28)30/h3-9,29H,2,10-11H2,1H3,(H2,24,25,32)(H2,26,27,31,33)/t23-/m0/s1. The van der Waals surface area contributed by atoms with Crippen LogP contribution in [0.4, 0.5) is 15.3 Å². The fraction of sp³-hybridized carbons (Fsp3) is 0.217. The Kier molecular flexibility index (Phi) is 4.89. The number of nitrogens with one attached hydrogen (secondary N) is 4.